The first-order chi connectivity index (χ1) is 9.33. The van der Waals surface area contributed by atoms with Crippen LogP contribution in [0, 0.1) is 0 Å². The van der Waals surface area contributed by atoms with E-state index >= 15 is 0 Å². The predicted molar refractivity (Wildman–Crippen MR) is 78.6 cm³/mol. The van der Waals surface area contributed by atoms with Crippen molar-refractivity contribution in [2.24, 2.45) is 0 Å². The SMILES string of the molecule is CCCNc1snnc1CN1CCCC(OCC)C1. The van der Waals surface area contributed by atoms with Gasteiger partial charge in [-0.05, 0) is 32.7 Å². The average Bonchev–Trinajstić information content (AvgIpc) is 2.84. The molecule has 0 amide bonds. The lowest BCUT2D eigenvalue weighted by Gasteiger charge is -2.31. The molecule has 0 aromatic carbocycles. The fraction of sp³-hybridized carbons (Fsp3) is 0.846. The Balaban J connectivity index is 1.87. The smallest absolute Gasteiger partial charge is 0.134 e. The van der Waals surface area contributed by atoms with Crippen LogP contribution in [0.1, 0.15) is 38.8 Å². The molecule has 0 saturated carbocycles. The molecule has 2 rings (SSSR count). The lowest BCUT2D eigenvalue weighted by atomic mass is 10.1. The van der Waals surface area contributed by atoms with E-state index in [4.69, 9.17) is 4.74 Å². The number of piperidine rings is 1. The topological polar surface area (TPSA) is 50.3 Å². The molecule has 0 spiro atoms. The molecule has 1 unspecified atom stereocenters. The average molecular weight is 284 g/mol. The molecule has 5 nitrogen and oxygen atoms in total. The van der Waals surface area contributed by atoms with Crippen LogP contribution < -0.4 is 5.32 Å². The summed E-state index contributed by atoms with van der Waals surface area (Å²) in [6, 6.07) is 0. The molecule has 0 aliphatic carbocycles. The summed E-state index contributed by atoms with van der Waals surface area (Å²) in [6.07, 6.45) is 3.89. The molecule has 19 heavy (non-hydrogen) atoms. The number of ether oxygens (including phenoxy) is 1. The molecule has 1 atom stereocenters. The lowest BCUT2D eigenvalue weighted by molar-refractivity contribution is 0.00336. The molecule has 1 fully saturated rings. The number of anilines is 1. The van der Waals surface area contributed by atoms with Crippen molar-refractivity contribution in [1.82, 2.24) is 14.5 Å². The second-order valence-corrected chi connectivity index (χ2v) is 5.68. The summed E-state index contributed by atoms with van der Waals surface area (Å²) >= 11 is 1.46. The monoisotopic (exact) mass is 284 g/mol. The Morgan fingerprint density at radius 3 is 3.16 bits per heavy atom. The molecule has 0 radical (unpaired) electrons. The normalized spacial score (nSPS) is 20.6. The van der Waals surface area contributed by atoms with Crippen molar-refractivity contribution in [3.63, 3.8) is 0 Å². The Labute approximate surface area is 119 Å². The fourth-order valence-corrected chi connectivity index (χ4v) is 3.02. The van der Waals surface area contributed by atoms with Crippen LogP contribution in [0.2, 0.25) is 0 Å². The van der Waals surface area contributed by atoms with Gasteiger partial charge in [-0.1, -0.05) is 11.4 Å². The minimum atomic E-state index is 0.386. The van der Waals surface area contributed by atoms with Gasteiger partial charge in [0.15, 0.2) is 0 Å². The van der Waals surface area contributed by atoms with E-state index in [1.807, 2.05) is 0 Å². The third kappa shape index (κ3) is 4.40. The maximum atomic E-state index is 5.74. The molecule has 1 N–H and O–H groups in total. The van der Waals surface area contributed by atoms with Gasteiger partial charge in [-0.15, -0.1) is 5.10 Å². The van der Waals surface area contributed by atoms with Crippen molar-refractivity contribution in [3.8, 4) is 0 Å². The number of nitrogens with one attached hydrogen (secondary N) is 1. The highest BCUT2D eigenvalue weighted by molar-refractivity contribution is 7.10. The van der Waals surface area contributed by atoms with Crippen LogP contribution in [-0.4, -0.2) is 46.8 Å². The van der Waals surface area contributed by atoms with Gasteiger partial charge < -0.3 is 10.1 Å². The first-order valence-electron chi connectivity index (χ1n) is 7.22. The first-order valence-corrected chi connectivity index (χ1v) is 7.99. The van der Waals surface area contributed by atoms with E-state index in [1.165, 1.54) is 24.4 Å². The Bertz CT molecular complexity index is 369. The summed E-state index contributed by atoms with van der Waals surface area (Å²) in [5.41, 5.74) is 1.08. The third-order valence-corrected chi connectivity index (χ3v) is 4.06. The molecule has 1 aliphatic heterocycles. The van der Waals surface area contributed by atoms with Crippen LogP contribution >= 0.6 is 11.5 Å². The van der Waals surface area contributed by atoms with Crippen molar-refractivity contribution in [2.45, 2.75) is 45.8 Å². The van der Waals surface area contributed by atoms with Crippen molar-refractivity contribution in [1.29, 1.82) is 0 Å². The Morgan fingerprint density at radius 1 is 1.47 bits per heavy atom. The quantitative estimate of drug-likeness (QED) is 0.833. The molecule has 6 heteroatoms. The van der Waals surface area contributed by atoms with Gasteiger partial charge >= 0.3 is 0 Å². The summed E-state index contributed by atoms with van der Waals surface area (Å²) in [5.74, 6) is 0. The maximum absolute atomic E-state index is 5.74. The molecular formula is C13H24N4OS. The zero-order chi connectivity index (χ0) is 13.5. The molecule has 1 aliphatic rings. The Morgan fingerprint density at radius 2 is 2.37 bits per heavy atom. The van der Waals surface area contributed by atoms with Crippen LogP contribution in [0.15, 0.2) is 0 Å². The number of rotatable bonds is 7. The van der Waals surface area contributed by atoms with Crippen LogP contribution in [0.5, 0.6) is 0 Å². The zero-order valence-electron chi connectivity index (χ0n) is 11.9. The van der Waals surface area contributed by atoms with Crippen molar-refractivity contribution < 1.29 is 4.74 Å². The van der Waals surface area contributed by atoms with E-state index in [-0.39, 0.29) is 0 Å². The van der Waals surface area contributed by atoms with E-state index in [9.17, 15) is 0 Å². The summed E-state index contributed by atoms with van der Waals surface area (Å²) in [7, 11) is 0. The van der Waals surface area contributed by atoms with Gasteiger partial charge in [0, 0.05) is 37.8 Å². The zero-order valence-corrected chi connectivity index (χ0v) is 12.7. The van der Waals surface area contributed by atoms with Crippen molar-refractivity contribution >= 4 is 16.5 Å². The Kier molecular flexibility index (Phi) is 6.00. The minimum absolute atomic E-state index is 0.386. The van der Waals surface area contributed by atoms with E-state index in [2.05, 4.69) is 33.7 Å². The Hall–Kier alpha value is -0.720. The van der Waals surface area contributed by atoms with Crippen molar-refractivity contribution in [3.05, 3.63) is 5.69 Å². The second-order valence-electron chi connectivity index (χ2n) is 4.93. The van der Waals surface area contributed by atoms with E-state index in [0.717, 1.165) is 49.9 Å². The number of hydrogen-bond acceptors (Lipinski definition) is 6. The van der Waals surface area contributed by atoms with E-state index in [0.29, 0.717) is 6.10 Å². The largest absolute Gasteiger partial charge is 0.377 e. The van der Waals surface area contributed by atoms with E-state index < -0.39 is 0 Å². The van der Waals surface area contributed by atoms with Gasteiger partial charge in [0.1, 0.15) is 10.7 Å². The summed E-state index contributed by atoms with van der Waals surface area (Å²) in [5, 5.41) is 8.79. The molecule has 2 heterocycles. The molecule has 1 aromatic rings. The summed E-state index contributed by atoms with van der Waals surface area (Å²) in [4.78, 5) is 2.43. The second kappa shape index (κ2) is 7.77. The van der Waals surface area contributed by atoms with Gasteiger partial charge in [0.25, 0.3) is 0 Å². The van der Waals surface area contributed by atoms with E-state index in [1.54, 1.807) is 0 Å². The van der Waals surface area contributed by atoms with Gasteiger partial charge in [0.05, 0.1) is 6.10 Å². The molecular weight excluding hydrogens is 260 g/mol. The van der Waals surface area contributed by atoms with Crippen LogP contribution in [0.25, 0.3) is 0 Å². The van der Waals surface area contributed by atoms with Crippen LogP contribution in [-0.2, 0) is 11.3 Å². The predicted octanol–water partition coefficient (Wildman–Crippen LogP) is 2.36. The number of nitrogens with zero attached hydrogens (tertiary/aromatic N) is 3. The van der Waals surface area contributed by atoms with Crippen LogP contribution in [0.4, 0.5) is 5.00 Å². The highest BCUT2D eigenvalue weighted by atomic mass is 32.1. The number of aromatic nitrogens is 2. The number of hydrogen-bond donors (Lipinski definition) is 1. The standard InChI is InChI=1S/C13H24N4OS/c1-3-7-14-13-12(15-16-19-13)10-17-8-5-6-11(9-17)18-4-2/h11,14H,3-10H2,1-2H3. The van der Waals surface area contributed by atoms with Crippen molar-refractivity contribution in [2.75, 3.05) is 31.6 Å². The maximum Gasteiger partial charge on any atom is 0.134 e. The van der Waals surface area contributed by atoms with Gasteiger partial charge in [-0.3, -0.25) is 4.90 Å². The molecule has 1 saturated heterocycles. The third-order valence-electron chi connectivity index (χ3n) is 3.33. The highest BCUT2D eigenvalue weighted by Crippen LogP contribution is 2.22. The van der Waals surface area contributed by atoms with Gasteiger partial charge in [-0.2, -0.15) is 0 Å². The highest BCUT2D eigenvalue weighted by Gasteiger charge is 2.21. The molecule has 1 aromatic heterocycles. The number of likely N-dealkylation sites (tertiary alicyclic amines) is 1. The lowest BCUT2D eigenvalue weighted by Crippen LogP contribution is -2.39. The molecule has 0 bridgehead atoms. The molecule has 108 valence electrons. The van der Waals surface area contributed by atoms with Gasteiger partial charge in [0.2, 0.25) is 0 Å². The van der Waals surface area contributed by atoms with Crippen LogP contribution in [0.3, 0.4) is 0 Å². The summed E-state index contributed by atoms with van der Waals surface area (Å²) < 4.78 is 9.80. The fourth-order valence-electron chi connectivity index (χ4n) is 2.43. The first kappa shape index (κ1) is 14.7. The van der Waals surface area contributed by atoms with Gasteiger partial charge in [-0.25, -0.2) is 0 Å². The summed E-state index contributed by atoms with van der Waals surface area (Å²) in [6.45, 7) is 9.05. The minimum Gasteiger partial charge on any atom is -0.377 e.